The topological polar surface area (TPSA) is 89.7 Å². The van der Waals surface area contributed by atoms with Crippen molar-refractivity contribution in [2.75, 3.05) is 12.9 Å². The Morgan fingerprint density at radius 3 is 1.91 bits per heavy atom. The lowest BCUT2D eigenvalue weighted by Crippen LogP contribution is -2.54. The normalized spacial score (nSPS) is 16.6. The molecular formula is C15H32N2O4S. The predicted octanol–water partition coefficient (Wildman–Crippen LogP) is 1.74. The molecule has 0 radical (unpaired) electrons. The van der Waals surface area contributed by atoms with E-state index in [0.29, 0.717) is 0 Å². The highest BCUT2D eigenvalue weighted by atomic mass is 32.2. The van der Waals surface area contributed by atoms with Crippen molar-refractivity contribution in [1.82, 2.24) is 4.31 Å². The lowest BCUT2D eigenvalue weighted by molar-refractivity contribution is -0.120. The molecular weight excluding hydrogens is 304 g/mol. The number of carbonyl (C=O) groups excluding carboxylic acids is 1. The number of primary amides is 1. The van der Waals surface area contributed by atoms with Gasteiger partial charge in [-0.25, -0.2) is 8.42 Å². The van der Waals surface area contributed by atoms with E-state index in [2.05, 4.69) is 0 Å². The summed E-state index contributed by atoms with van der Waals surface area (Å²) in [4.78, 5) is 11.4. The van der Waals surface area contributed by atoms with Crippen molar-refractivity contribution in [3.63, 3.8) is 0 Å². The van der Waals surface area contributed by atoms with Crippen LogP contribution in [0.15, 0.2) is 0 Å². The molecule has 22 heavy (non-hydrogen) atoms. The zero-order valence-electron chi connectivity index (χ0n) is 15.1. The molecule has 2 unspecified atom stereocenters. The molecule has 6 nitrogen and oxygen atoms in total. The van der Waals surface area contributed by atoms with Gasteiger partial charge in [0.1, 0.15) is 0 Å². The van der Waals surface area contributed by atoms with E-state index in [0.717, 1.165) is 6.26 Å². The van der Waals surface area contributed by atoms with Crippen molar-refractivity contribution >= 4 is 15.9 Å². The van der Waals surface area contributed by atoms with Crippen LogP contribution in [-0.2, 0) is 19.6 Å². The van der Waals surface area contributed by atoms with E-state index in [9.17, 15) is 13.2 Å². The number of sulfonamides is 1. The average Bonchev–Trinajstić information content (AvgIpc) is 2.18. The minimum Gasteiger partial charge on any atom is -0.376 e. The Morgan fingerprint density at radius 1 is 1.18 bits per heavy atom. The second-order valence-corrected chi connectivity index (χ2v) is 9.75. The highest BCUT2D eigenvalue weighted by Crippen LogP contribution is 2.26. The Labute approximate surface area is 135 Å². The van der Waals surface area contributed by atoms with Crippen LogP contribution >= 0.6 is 0 Å². The number of rotatable bonds is 7. The van der Waals surface area contributed by atoms with E-state index in [1.165, 1.54) is 4.31 Å². The Morgan fingerprint density at radius 2 is 1.64 bits per heavy atom. The van der Waals surface area contributed by atoms with E-state index in [-0.39, 0.29) is 24.5 Å². The van der Waals surface area contributed by atoms with Gasteiger partial charge >= 0.3 is 0 Å². The van der Waals surface area contributed by atoms with Gasteiger partial charge in [0.2, 0.25) is 15.9 Å². The number of ether oxygens (including phenoxy) is 1. The molecule has 2 N–H and O–H groups in total. The molecule has 0 aliphatic heterocycles. The molecule has 0 aromatic rings. The lowest BCUT2D eigenvalue weighted by atomic mass is 9.90. The van der Waals surface area contributed by atoms with Crippen molar-refractivity contribution in [1.29, 1.82) is 0 Å². The van der Waals surface area contributed by atoms with Gasteiger partial charge in [0.15, 0.2) is 0 Å². The van der Waals surface area contributed by atoms with Gasteiger partial charge in [0.25, 0.3) is 0 Å². The summed E-state index contributed by atoms with van der Waals surface area (Å²) in [6, 6.07) is -0.614. The number of nitrogens with two attached hydrogens (primary N) is 1. The highest BCUT2D eigenvalue weighted by Gasteiger charge is 2.37. The lowest BCUT2D eigenvalue weighted by Gasteiger charge is -2.40. The molecule has 0 saturated heterocycles. The second-order valence-electron chi connectivity index (χ2n) is 7.90. The molecule has 0 saturated carbocycles. The largest absolute Gasteiger partial charge is 0.376 e. The van der Waals surface area contributed by atoms with E-state index in [1.807, 2.05) is 27.7 Å². The predicted molar refractivity (Wildman–Crippen MR) is 88.9 cm³/mol. The summed E-state index contributed by atoms with van der Waals surface area (Å²) < 4.78 is 31.5. The van der Waals surface area contributed by atoms with Crippen LogP contribution in [0.3, 0.4) is 0 Å². The number of hydrogen-bond acceptors (Lipinski definition) is 4. The molecule has 0 heterocycles. The maximum absolute atomic E-state index is 12.2. The van der Waals surface area contributed by atoms with Crippen LogP contribution in [0.2, 0.25) is 0 Å². The van der Waals surface area contributed by atoms with E-state index in [1.54, 1.807) is 20.8 Å². The van der Waals surface area contributed by atoms with Crippen molar-refractivity contribution < 1.29 is 17.9 Å². The zero-order chi connectivity index (χ0) is 17.9. The minimum atomic E-state index is -3.51. The number of nitrogens with zero attached hydrogens (tertiary/aromatic N) is 1. The molecule has 0 aromatic carbocycles. The van der Waals surface area contributed by atoms with E-state index in [4.69, 9.17) is 10.5 Å². The average molecular weight is 336 g/mol. The van der Waals surface area contributed by atoms with E-state index >= 15 is 0 Å². The van der Waals surface area contributed by atoms with Crippen LogP contribution in [0.4, 0.5) is 0 Å². The SMILES string of the molecule is CC(OCC(CC(N)=O)N(C(C)(C)C)S(C)(=O)=O)C(C)(C)C. The molecule has 0 rings (SSSR count). The third-order valence-electron chi connectivity index (χ3n) is 3.55. The number of hydrogen-bond donors (Lipinski definition) is 1. The van der Waals surface area contributed by atoms with Crippen LogP contribution in [0.5, 0.6) is 0 Å². The van der Waals surface area contributed by atoms with Gasteiger partial charge in [-0.05, 0) is 33.1 Å². The van der Waals surface area contributed by atoms with Crippen LogP contribution in [0.1, 0.15) is 54.9 Å². The van der Waals surface area contributed by atoms with Crippen molar-refractivity contribution in [2.45, 2.75) is 72.6 Å². The van der Waals surface area contributed by atoms with Gasteiger partial charge in [-0.3, -0.25) is 4.79 Å². The van der Waals surface area contributed by atoms with Crippen LogP contribution in [0.25, 0.3) is 0 Å². The monoisotopic (exact) mass is 336 g/mol. The van der Waals surface area contributed by atoms with Crippen LogP contribution in [0, 0.1) is 5.41 Å². The molecule has 0 fully saturated rings. The molecule has 0 bridgehead atoms. The van der Waals surface area contributed by atoms with Crippen molar-refractivity contribution in [3.8, 4) is 0 Å². The van der Waals surface area contributed by atoms with Gasteiger partial charge in [-0.2, -0.15) is 4.31 Å². The van der Waals surface area contributed by atoms with Crippen LogP contribution in [-0.4, -0.2) is 49.2 Å². The Bertz CT molecular complexity index is 475. The smallest absolute Gasteiger partial charge is 0.219 e. The fraction of sp³-hybridized carbons (Fsp3) is 0.933. The first-order valence-corrected chi connectivity index (χ1v) is 9.31. The van der Waals surface area contributed by atoms with E-state index < -0.39 is 27.5 Å². The fourth-order valence-corrected chi connectivity index (χ4v) is 3.94. The summed E-state index contributed by atoms with van der Waals surface area (Å²) in [6.07, 6.45) is 0.991. The summed E-state index contributed by atoms with van der Waals surface area (Å²) >= 11 is 0. The Hall–Kier alpha value is -0.660. The zero-order valence-corrected chi connectivity index (χ0v) is 16.0. The standard InChI is InChI=1S/C15H32N2O4S/c1-11(14(2,3)4)21-10-12(9-13(16)18)17(15(5,6)7)22(8,19)20/h11-12H,9-10H2,1-8H3,(H2,16,18). The summed E-state index contributed by atoms with van der Waals surface area (Å²) in [5.41, 5.74) is 4.55. The summed E-state index contributed by atoms with van der Waals surface area (Å²) in [7, 11) is -3.51. The highest BCUT2D eigenvalue weighted by molar-refractivity contribution is 7.88. The molecule has 0 spiro atoms. The molecule has 0 aromatic heterocycles. The molecule has 2 atom stereocenters. The summed E-state index contributed by atoms with van der Waals surface area (Å²) in [5.74, 6) is -0.546. The number of amides is 1. The molecule has 0 aliphatic carbocycles. The van der Waals surface area contributed by atoms with Gasteiger partial charge in [0, 0.05) is 12.0 Å². The van der Waals surface area contributed by atoms with Crippen molar-refractivity contribution in [2.24, 2.45) is 11.1 Å². The van der Waals surface area contributed by atoms with Gasteiger partial charge in [-0.1, -0.05) is 20.8 Å². The van der Waals surface area contributed by atoms with Crippen LogP contribution < -0.4 is 5.73 Å². The second kappa shape index (κ2) is 7.27. The quantitative estimate of drug-likeness (QED) is 0.767. The molecule has 132 valence electrons. The third kappa shape index (κ3) is 7.07. The van der Waals surface area contributed by atoms with Gasteiger partial charge < -0.3 is 10.5 Å². The maximum Gasteiger partial charge on any atom is 0.219 e. The first-order chi connectivity index (χ1) is 9.56. The Kier molecular flexibility index (Phi) is 7.06. The maximum atomic E-state index is 12.2. The first kappa shape index (κ1) is 21.3. The van der Waals surface area contributed by atoms with Gasteiger partial charge in [0.05, 0.1) is 25.0 Å². The Balaban J connectivity index is 5.38. The van der Waals surface area contributed by atoms with Gasteiger partial charge in [-0.15, -0.1) is 0 Å². The first-order valence-electron chi connectivity index (χ1n) is 7.46. The molecule has 1 amide bonds. The fourth-order valence-electron chi connectivity index (χ4n) is 2.26. The third-order valence-corrected chi connectivity index (χ3v) is 5.11. The number of carbonyl (C=O) groups is 1. The van der Waals surface area contributed by atoms with Crippen molar-refractivity contribution in [3.05, 3.63) is 0 Å². The minimum absolute atomic E-state index is 0.0683. The molecule has 7 heteroatoms. The summed E-state index contributed by atoms with van der Waals surface area (Å²) in [5, 5.41) is 0. The molecule has 0 aliphatic rings. The summed E-state index contributed by atoms with van der Waals surface area (Å²) in [6.45, 7) is 13.5.